The van der Waals surface area contributed by atoms with Crippen molar-refractivity contribution in [2.24, 2.45) is 0 Å². The number of H-pyrrole nitrogens is 1. The second kappa shape index (κ2) is 6.94. The summed E-state index contributed by atoms with van der Waals surface area (Å²) in [4.78, 5) is 20.4. The molecule has 1 aromatic carbocycles. The van der Waals surface area contributed by atoms with Crippen molar-refractivity contribution in [3.8, 4) is 11.1 Å². The Morgan fingerprint density at radius 3 is 2.81 bits per heavy atom. The average Bonchev–Trinajstić information content (AvgIpc) is 3.39. The van der Waals surface area contributed by atoms with Gasteiger partial charge in [0.15, 0.2) is 0 Å². The van der Waals surface area contributed by atoms with Crippen molar-refractivity contribution in [3.05, 3.63) is 59.2 Å². The van der Waals surface area contributed by atoms with Gasteiger partial charge in [0, 0.05) is 34.9 Å². The van der Waals surface area contributed by atoms with Gasteiger partial charge in [0.2, 0.25) is 0 Å². The lowest BCUT2D eigenvalue weighted by Gasteiger charge is -2.35. The number of piperidine rings is 1. The zero-order valence-electron chi connectivity index (χ0n) is 14.6. The number of rotatable bonds is 3. The van der Waals surface area contributed by atoms with Gasteiger partial charge in [-0.05, 0) is 37.0 Å². The van der Waals surface area contributed by atoms with Crippen LogP contribution in [0.2, 0.25) is 5.02 Å². The number of thiophene rings is 1. The van der Waals surface area contributed by atoms with Crippen molar-refractivity contribution in [2.45, 2.75) is 25.3 Å². The van der Waals surface area contributed by atoms with E-state index in [1.165, 1.54) is 6.42 Å². The molecule has 27 heavy (non-hydrogen) atoms. The molecule has 7 heteroatoms. The number of aromatic nitrogens is 4. The van der Waals surface area contributed by atoms with Gasteiger partial charge in [-0.25, -0.2) is 15.0 Å². The average molecular weight is 396 g/mol. The molecule has 1 aliphatic heterocycles. The summed E-state index contributed by atoms with van der Waals surface area (Å²) in [7, 11) is 0. The number of anilines is 1. The van der Waals surface area contributed by atoms with E-state index in [1.54, 1.807) is 17.7 Å². The van der Waals surface area contributed by atoms with Crippen LogP contribution in [-0.4, -0.2) is 26.5 Å². The van der Waals surface area contributed by atoms with E-state index >= 15 is 0 Å². The van der Waals surface area contributed by atoms with Gasteiger partial charge in [-0.3, -0.25) is 0 Å². The molecule has 5 rings (SSSR count). The smallest absolute Gasteiger partial charge is 0.142 e. The van der Waals surface area contributed by atoms with E-state index in [9.17, 15) is 0 Å². The molecule has 1 N–H and O–H groups in total. The highest BCUT2D eigenvalue weighted by atomic mass is 35.5. The molecule has 0 aliphatic carbocycles. The van der Waals surface area contributed by atoms with E-state index in [0.29, 0.717) is 0 Å². The number of nitrogens with one attached hydrogen (secondary N) is 1. The van der Waals surface area contributed by atoms with Crippen LogP contribution in [0.15, 0.2) is 48.4 Å². The fourth-order valence-electron chi connectivity index (χ4n) is 3.85. The number of hydrogen-bond donors (Lipinski definition) is 1. The van der Waals surface area contributed by atoms with Gasteiger partial charge < -0.3 is 9.88 Å². The third kappa shape index (κ3) is 2.99. The molecule has 0 radical (unpaired) electrons. The number of imidazole rings is 1. The third-order valence-electron chi connectivity index (χ3n) is 5.12. The first-order valence-corrected chi connectivity index (χ1v) is 10.3. The summed E-state index contributed by atoms with van der Waals surface area (Å²) in [5, 5.41) is 4.02. The lowest BCUT2D eigenvalue weighted by atomic mass is 10.00. The number of halogens is 1. The standard InChI is InChI=1S/C20H18ClN5S/c21-14-6-4-13(5-7-14)15-11-27-20-17(15)19(24-12-25-20)26-10-2-1-3-16(26)18-22-8-9-23-18/h4-9,11-12,16H,1-3,10H2,(H,22,23)/t16-/m0/s1. The van der Waals surface area contributed by atoms with Crippen molar-refractivity contribution >= 4 is 39.0 Å². The van der Waals surface area contributed by atoms with Gasteiger partial charge in [0.1, 0.15) is 22.8 Å². The van der Waals surface area contributed by atoms with Crippen LogP contribution in [0.5, 0.6) is 0 Å². The number of fused-ring (bicyclic) bond motifs is 1. The highest BCUT2D eigenvalue weighted by Crippen LogP contribution is 2.42. The summed E-state index contributed by atoms with van der Waals surface area (Å²) >= 11 is 7.74. The molecular formula is C20H18ClN5S. The molecule has 0 saturated carbocycles. The van der Waals surface area contributed by atoms with Crippen LogP contribution in [0, 0.1) is 0 Å². The molecule has 136 valence electrons. The molecule has 1 saturated heterocycles. The van der Waals surface area contributed by atoms with Crippen LogP contribution in [0.1, 0.15) is 31.1 Å². The molecule has 0 unspecified atom stereocenters. The quantitative estimate of drug-likeness (QED) is 0.500. The highest BCUT2D eigenvalue weighted by molar-refractivity contribution is 7.17. The normalized spacial score (nSPS) is 17.5. The fourth-order valence-corrected chi connectivity index (χ4v) is 4.88. The first kappa shape index (κ1) is 16.7. The number of aromatic amines is 1. The molecule has 4 aromatic rings. The minimum Gasteiger partial charge on any atom is -0.347 e. The maximum Gasteiger partial charge on any atom is 0.142 e. The Balaban J connectivity index is 1.66. The van der Waals surface area contributed by atoms with E-state index in [-0.39, 0.29) is 6.04 Å². The predicted octanol–water partition coefficient (Wildman–Crippen LogP) is 5.47. The highest BCUT2D eigenvalue weighted by Gasteiger charge is 2.29. The van der Waals surface area contributed by atoms with E-state index in [1.807, 2.05) is 24.5 Å². The lowest BCUT2D eigenvalue weighted by molar-refractivity contribution is 0.456. The first-order valence-electron chi connectivity index (χ1n) is 9.05. The molecule has 3 aromatic heterocycles. The Hall–Kier alpha value is -2.44. The minimum atomic E-state index is 0.213. The second-order valence-electron chi connectivity index (χ2n) is 6.71. The molecule has 1 atom stereocenters. The van der Waals surface area contributed by atoms with Gasteiger partial charge >= 0.3 is 0 Å². The summed E-state index contributed by atoms with van der Waals surface area (Å²) in [6.45, 7) is 0.966. The lowest BCUT2D eigenvalue weighted by Crippen LogP contribution is -2.34. The molecule has 5 nitrogen and oxygen atoms in total. The summed E-state index contributed by atoms with van der Waals surface area (Å²) in [5.74, 6) is 2.00. The van der Waals surface area contributed by atoms with Crippen molar-refractivity contribution in [1.82, 2.24) is 19.9 Å². The third-order valence-corrected chi connectivity index (χ3v) is 6.25. The van der Waals surface area contributed by atoms with Gasteiger partial charge in [0.25, 0.3) is 0 Å². The van der Waals surface area contributed by atoms with Crippen molar-refractivity contribution < 1.29 is 0 Å². The van der Waals surface area contributed by atoms with Crippen LogP contribution in [0.3, 0.4) is 0 Å². The maximum absolute atomic E-state index is 6.08. The Bertz CT molecular complexity index is 1060. The summed E-state index contributed by atoms with van der Waals surface area (Å²) in [5.41, 5.74) is 2.29. The minimum absolute atomic E-state index is 0.213. The van der Waals surface area contributed by atoms with E-state index in [2.05, 4.69) is 37.4 Å². The van der Waals surface area contributed by atoms with E-state index in [0.717, 1.165) is 57.4 Å². The van der Waals surface area contributed by atoms with Gasteiger partial charge in [0.05, 0.1) is 11.4 Å². The van der Waals surface area contributed by atoms with Crippen molar-refractivity contribution in [3.63, 3.8) is 0 Å². The molecule has 0 spiro atoms. The number of nitrogens with zero attached hydrogens (tertiary/aromatic N) is 4. The zero-order valence-corrected chi connectivity index (χ0v) is 16.2. The van der Waals surface area contributed by atoms with Crippen molar-refractivity contribution in [1.29, 1.82) is 0 Å². The van der Waals surface area contributed by atoms with Gasteiger partial charge in [-0.1, -0.05) is 23.7 Å². The van der Waals surface area contributed by atoms with Gasteiger partial charge in [-0.2, -0.15) is 0 Å². The maximum atomic E-state index is 6.08. The zero-order chi connectivity index (χ0) is 18.2. The number of benzene rings is 1. The van der Waals surface area contributed by atoms with Crippen LogP contribution in [0.4, 0.5) is 5.82 Å². The van der Waals surface area contributed by atoms with Gasteiger partial charge in [-0.15, -0.1) is 11.3 Å². The van der Waals surface area contributed by atoms with Crippen LogP contribution in [-0.2, 0) is 0 Å². The van der Waals surface area contributed by atoms with E-state index < -0.39 is 0 Å². The monoisotopic (exact) mass is 395 g/mol. The van der Waals surface area contributed by atoms with Crippen molar-refractivity contribution in [2.75, 3.05) is 11.4 Å². The molecular weight excluding hydrogens is 378 g/mol. The predicted molar refractivity (Wildman–Crippen MR) is 110 cm³/mol. The largest absolute Gasteiger partial charge is 0.347 e. The first-order chi connectivity index (χ1) is 13.3. The molecule has 4 heterocycles. The Kier molecular flexibility index (Phi) is 4.30. The molecule has 1 aliphatic rings. The Labute approximate surface area is 166 Å². The second-order valence-corrected chi connectivity index (χ2v) is 8.01. The number of hydrogen-bond acceptors (Lipinski definition) is 5. The summed E-state index contributed by atoms with van der Waals surface area (Å²) in [6.07, 6.45) is 8.81. The Morgan fingerprint density at radius 1 is 1.11 bits per heavy atom. The summed E-state index contributed by atoms with van der Waals surface area (Å²) in [6, 6.07) is 8.18. The fraction of sp³-hybridized carbons (Fsp3) is 0.250. The van der Waals surface area contributed by atoms with Crippen LogP contribution in [0.25, 0.3) is 21.3 Å². The molecule has 1 fully saturated rings. The van der Waals surface area contributed by atoms with E-state index in [4.69, 9.17) is 16.6 Å². The van der Waals surface area contributed by atoms with Crippen LogP contribution >= 0.6 is 22.9 Å². The molecule has 0 bridgehead atoms. The molecule has 0 amide bonds. The Morgan fingerprint density at radius 2 is 2.00 bits per heavy atom. The SMILES string of the molecule is Clc1ccc(-c2csc3ncnc(N4CCCC[C@H]4c4ncc[nH]4)c23)cc1. The van der Waals surface area contributed by atoms with Crippen LogP contribution < -0.4 is 4.90 Å². The summed E-state index contributed by atoms with van der Waals surface area (Å²) < 4.78 is 0. The topological polar surface area (TPSA) is 57.7 Å².